The number of allylic oxidation sites excluding steroid dienone is 1. The van der Waals surface area contributed by atoms with Crippen molar-refractivity contribution in [3.8, 4) is 17.2 Å². The van der Waals surface area contributed by atoms with Crippen LogP contribution in [0, 0.1) is 0 Å². The second-order valence-corrected chi connectivity index (χ2v) is 8.44. The number of carbonyl (C=O) groups excluding carboxylic acids is 3. The molecule has 3 aliphatic heterocycles. The van der Waals surface area contributed by atoms with Gasteiger partial charge in [-0.3, -0.25) is 4.79 Å². The minimum atomic E-state index is -0.603. The molecule has 0 aromatic heterocycles. The van der Waals surface area contributed by atoms with Gasteiger partial charge in [-0.2, -0.15) is 9.37 Å². The highest BCUT2D eigenvalue weighted by atomic mass is 32.2. The number of ether oxygens (including phenoxy) is 3. The molecule has 1 unspecified atom stereocenters. The summed E-state index contributed by atoms with van der Waals surface area (Å²) >= 11 is 1.30. The molecule has 168 valence electrons. The van der Waals surface area contributed by atoms with E-state index in [1.54, 1.807) is 47.9 Å². The second-order valence-electron chi connectivity index (χ2n) is 7.42. The van der Waals surface area contributed by atoms with Crippen LogP contribution in [0.1, 0.15) is 5.56 Å². The van der Waals surface area contributed by atoms with Crippen LogP contribution < -0.4 is 24.4 Å². The average Bonchev–Trinajstić information content (AvgIpc) is 3.50. The van der Waals surface area contributed by atoms with Gasteiger partial charge in [0.25, 0.3) is 5.91 Å². The molecule has 33 heavy (non-hydrogen) atoms. The van der Waals surface area contributed by atoms with E-state index in [-0.39, 0.29) is 31.7 Å². The van der Waals surface area contributed by atoms with Crippen molar-refractivity contribution in [2.24, 2.45) is 0 Å². The number of fused-ring (bicyclic) bond motifs is 2. The van der Waals surface area contributed by atoms with Gasteiger partial charge < -0.3 is 19.5 Å². The summed E-state index contributed by atoms with van der Waals surface area (Å²) in [6.07, 6.45) is 1.70. The van der Waals surface area contributed by atoms with E-state index in [1.807, 2.05) is 6.07 Å². The molecular weight excluding hydrogens is 446 g/mol. The lowest BCUT2D eigenvalue weighted by atomic mass is 10.1. The first-order valence-electron chi connectivity index (χ1n) is 10.2. The number of rotatable bonds is 6. The molecular formula is C23H20N3O6S+. The Morgan fingerprint density at radius 2 is 2.03 bits per heavy atom. The van der Waals surface area contributed by atoms with E-state index in [0.717, 1.165) is 10.5 Å². The van der Waals surface area contributed by atoms with Crippen molar-refractivity contribution in [2.75, 3.05) is 25.3 Å². The van der Waals surface area contributed by atoms with E-state index in [9.17, 15) is 14.4 Å². The minimum Gasteiger partial charge on any atom is -0.492 e. The molecule has 0 fully saturated rings. The molecule has 4 amide bonds. The van der Waals surface area contributed by atoms with E-state index in [2.05, 4.69) is 5.32 Å². The quantitative estimate of drug-likeness (QED) is 0.653. The van der Waals surface area contributed by atoms with Crippen LogP contribution in [0.3, 0.4) is 0 Å². The number of methoxy groups -OCH3 is 1. The number of anilines is 1. The molecule has 5 rings (SSSR count). The normalized spacial score (nSPS) is 18.6. The number of nitrogens with one attached hydrogen (secondary N) is 1. The Morgan fingerprint density at radius 1 is 1.21 bits per heavy atom. The third-order valence-electron chi connectivity index (χ3n) is 5.46. The molecule has 0 saturated carbocycles. The van der Waals surface area contributed by atoms with Crippen molar-refractivity contribution >= 4 is 41.0 Å². The topological polar surface area (TPSA) is 97.2 Å². The Kier molecular flexibility index (Phi) is 5.51. The molecule has 10 heteroatoms. The number of benzene rings is 2. The Morgan fingerprint density at radius 3 is 2.88 bits per heavy atom. The first-order chi connectivity index (χ1) is 16.1. The molecule has 0 saturated heterocycles. The van der Waals surface area contributed by atoms with E-state index < -0.39 is 11.3 Å². The van der Waals surface area contributed by atoms with Crippen LogP contribution in [0.15, 0.2) is 53.9 Å². The van der Waals surface area contributed by atoms with Gasteiger partial charge in [0.2, 0.25) is 6.79 Å². The summed E-state index contributed by atoms with van der Waals surface area (Å²) < 4.78 is 17.3. The maximum absolute atomic E-state index is 13.4. The van der Waals surface area contributed by atoms with Gasteiger partial charge in [-0.1, -0.05) is 18.2 Å². The van der Waals surface area contributed by atoms with Gasteiger partial charge in [0.15, 0.2) is 34.7 Å². The summed E-state index contributed by atoms with van der Waals surface area (Å²) in [6.45, 7) is 0.212. The number of carbonyl (C=O) groups is 3. The number of hydrogen-bond donors (Lipinski definition) is 1. The molecule has 2 aromatic carbocycles. The van der Waals surface area contributed by atoms with Gasteiger partial charge in [0.05, 0.1) is 7.11 Å². The number of para-hydroxylation sites is 2. The molecule has 1 atom stereocenters. The highest BCUT2D eigenvalue weighted by Gasteiger charge is 2.51. The zero-order valence-electron chi connectivity index (χ0n) is 17.6. The Balaban J connectivity index is 1.36. The maximum atomic E-state index is 13.4. The van der Waals surface area contributed by atoms with Gasteiger partial charge in [-0.25, -0.2) is 4.79 Å². The van der Waals surface area contributed by atoms with Crippen molar-refractivity contribution < 1.29 is 33.2 Å². The van der Waals surface area contributed by atoms with Crippen LogP contribution in [0.5, 0.6) is 17.2 Å². The zero-order chi connectivity index (χ0) is 22.9. The third-order valence-corrected chi connectivity index (χ3v) is 6.46. The molecule has 9 nitrogen and oxygen atoms in total. The van der Waals surface area contributed by atoms with Crippen LogP contribution in [0.25, 0.3) is 0 Å². The standard InChI is InChI=1S/C23H19N3O6S/c1-30-17-5-3-2-4-15(17)26-22(28)21-16(8-9-33-21)25(23(26)29)12-20(27)24-11-14-6-7-18-19(10-14)32-13-31-18/h2-10,21H,11-13H2,1H3/p+1. The lowest BCUT2D eigenvalue weighted by molar-refractivity contribution is -0.415. The fourth-order valence-corrected chi connectivity index (χ4v) is 4.79. The van der Waals surface area contributed by atoms with E-state index in [4.69, 9.17) is 14.2 Å². The summed E-state index contributed by atoms with van der Waals surface area (Å²) in [5.74, 6) is 0.965. The van der Waals surface area contributed by atoms with E-state index in [0.29, 0.717) is 28.6 Å². The number of imide groups is 1. The molecule has 2 aromatic rings. The van der Waals surface area contributed by atoms with Gasteiger partial charge in [0, 0.05) is 6.54 Å². The van der Waals surface area contributed by atoms with Crippen molar-refractivity contribution in [2.45, 2.75) is 11.8 Å². The van der Waals surface area contributed by atoms with E-state index in [1.165, 1.54) is 23.4 Å². The maximum Gasteiger partial charge on any atom is 0.506 e. The summed E-state index contributed by atoms with van der Waals surface area (Å²) in [7, 11) is 1.47. The fourth-order valence-electron chi connectivity index (χ4n) is 3.85. The highest BCUT2D eigenvalue weighted by Crippen LogP contribution is 2.35. The summed E-state index contributed by atoms with van der Waals surface area (Å²) in [5.41, 5.74) is 1.68. The molecule has 1 N–H and O–H groups in total. The SMILES string of the molecule is COc1ccccc1N1C(=O)C2SC=CC2=[N+](CC(=O)NCc2ccc3c(c2)OCO3)C1=O. The molecule has 0 radical (unpaired) electrons. The van der Waals surface area contributed by atoms with Crippen LogP contribution >= 0.6 is 11.8 Å². The third kappa shape index (κ3) is 3.82. The molecule has 3 aliphatic rings. The van der Waals surface area contributed by atoms with Gasteiger partial charge in [-0.05, 0) is 41.3 Å². The average molecular weight is 466 g/mol. The number of amides is 4. The highest BCUT2D eigenvalue weighted by molar-refractivity contribution is 8.04. The number of hydrogen-bond acceptors (Lipinski definition) is 7. The van der Waals surface area contributed by atoms with Crippen molar-refractivity contribution in [3.63, 3.8) is 0 Å². The van der Waals surface area contributed by atoms with Crippen LogP contribution in [0.4, 0.5) is 10.5 Å². The van der Waals surface area contributed by atoms with Gasteiger partial charge in [0.1, 0.15) is 5.71 Å². The predicted octanol–water partition coefficient (Wildman–Crippen LogP) is 2.29. The van der Waals surface area contributed by atoms with Crippen LogP contribution in [-0.4, -0.2) is 53.8 Å². The molecule has 0 aliphatic carbocycles. The number of thioether (sulfide) groups is 1. The zero-order valence-corrected chi connectivity index (χ0v) is 18.5. The Bertz CT molecular complexity index is 1220. The van der Waals surface area contributed by atoms with Crippen LogP contribution in [-0.2, 0) is 16.1 Å². The van der Waals surface area contributed by atoms with Gasteiger partial charge in [-0.15, -0.1) is 16.7 Å². The van der Waals surface area contributed by atoms with Crippen molar-refractivity contribution in [1.82, 2.24) is 5.32 Å². The van der Waals surface area contributed by atoms with Crippen LogP contribution in [0.2, 0.25) is 0 Å². The smallest absolute Gasteiger partial charge is 0.492 e. The minimum absolute atomic E-state index is 0.176. The lowest BCUT2D eigenvalue weighted by Gasteiger charge is -2.24. The van der Waals surface area contributed by atoms with E-state index >= 15 is 0 Å². The Labute approximate surface area is 193 Å². The lowest BCUT2D eigenvalue weighted by Crippen LogP contribution is -2.57. The monoisotopic (exact) mass is 466 g/mol. The summed E-state index contributed by atoms with van der Waals surface area (Å²) in [5, 5.41) is 3.98. The van der Waals surface area contributed by atoms with Crippen molar-refractivity contribution in [1.29, 1.82) is 0 Å². The molecule has 0 spiro atoms. The molecule has 0 bridgehead atoms. The Hall–Kier alpha value is -3.79. The summed E-state index contributed by atoms with van der Waals surface area (Å²) in [6, 6.07) is 11.6. The first-order valence-corrected chi connectivity index (χ1v) is 11.1. The largest absolute Gasteiger partial charge is 0.506 e. The number of urea groups is 1. The summed E-state index contributed by atoms with van der Waals surface area (Å²) in [4.78, 5) is 40.4. The molecule has 3 heterocycles. The van der Waals surface area contributed by atoms with Crippen molar-refractivity contribution in [3.05, 3.63) is 59.5 Å². The van der Waals surface area contributed by atoms with Gasteiger partial charge >= 0.3 is 11.9 Å². The first kappa shape index (κ1) is 21.1. The number of nitrogens with zero attached hydrogens (tertiary/aromatic N) is 2. The second kappa shape index (κ2) is 8.62. The fraction of sp³-hybridized carbons (Fsp3) is 0.217. The predicted molar refractivity (Wildman–Crippen MR) is 121 cm³/mol.